The molecular weight excluding hydrogens is 898 g/mol. The van der Waals surface area contributed by atoms with E-state index >= 15 is 0 Å². The van der Waals surface area contributed by atoms with Gasteiger partial charge in [-0.25, -0.2) is 23.4 Å². The zero-order valence-electron chi connectivity index (χ0n) is 26.4. The van der Waals surface area contributed by atoms with Gasteiger partial charge in [-0.05, 0) is 23.2 Å². The van der Waals surface area contributed by atoms with E-state index in [2.05, 4.69) is 64.0 Å². The maximum Gasteiger partial charge on any atom is 0.341 e. The van der Waals surface area contributed by atoms with E-state index in [0.29, 0.717) is 0 Å². The fraction of sp³-hybridized carbons (Fsp3) is 0.750. The molecule has 0 heterocycles. The van der Waals surface area contributed by atoms with Gasteiger partial charge in [0.15, 0.2) is 6.61 Å². The summed E-state index contributed by atoms with van der Waals surface area (Å²) >= 11 is 9.04. The van der Waals surface area contributed by atoms with Crippen LogP contribution in [0.2, 0.25) is 0 Å². The van der Waals surface area contributed by atoms with Gasteiger partial charge in [0.1, 0.15) is 60.2 Å². The van der Waals surface area contributed by atoms with Crippen molar-refractivity contribution in [2.24, 2.45) is 0 Å². The Bertz CT molecular complexity index is 806. The first-order valence-electron chi connectivity index (χ1n) is 11.1. The quantitative estimate of drug-likeness (QED) is 0.0612. The van der Waals surface area contributed by atoms with E-state index in [1.807, 2.05) is 0 Å². The molecule has 0 aliphatic heterocycles. The summed E-state index contributed by atoms with van der Waals surface area (Å²) in [5.41, 5.74) is 0. The average Bonchev–Trinajstić information content (AvgIpc) is 2.98. The van der Waals surface area contributed by atoms with Crippen LogP contribution in [0.4, 0.5) is 0 Å². The van der Waals surface area contributed by atoms with Crippen molar-refractivity contribution in [3.05, 3.63) is 0 Å². The van der Waals surface area contributed by atoms with E-state index < -0.39 is 68.4 Å². The van der Waals surface area contributed by atoms with Crippen LogP contribution in [0, 0.1) is 0 Å². The van der Waals surface area contributed by atoms with Crippen LogP contribution in [0.3, 0.4) is 0 Å². The number of aliphatic hydroxyl groups excluding tert-OH is 1. The monoisotopic (exact) mass is 950 g/mol. The first-order chi connectivity index (χ1) is 22.4. The minimum absolute atomic E-state index is 0. The largest absolute Gasteiger partial charge is 0.480 e. The number of aliphatic carboxylic acids is 3. The van der Waals surface area contributed by atoms with Gasteiger partial charge in [0.05, 0.1) is 0 Å². The molecule has 0 saturated heterocycles. The van der Waals surface area contributed by atoms with Gasteiger partial charge in [0, 0.05) is 49.8 Å². The lowest BCUT2D eigenvalue weighted by Crippen LogP contribution is -2.18. The summed E-state index contributed by atoms with van der Waals surface area (Å²) in [4.78, 5) is 59.1. The molecule has 30 heteroatoms. The summed E-state index contributed by atoms with van der Waals surface area (Å²) in [7, 11) is 13.1. The van der Waals surface area contributed by atoms with Gasteiger partial charge in [-0.3, -0.25) is 9.59 Å². The molecule has 0 aliphatic rings. The van der Waals surface area contributed by atoms with Gasteiger partial charge in [0.25, 0.3) is 0 Å². The number of esters is 1. The SMILES string of the molecule is C.C.C.C.COCOCC(=O)Cl.COCOCC(=O)Cl.COCOCC(=O)O.COCOCC(=O)OCC(=O)O.Cl.O.O=C(O)CO.O=S(Cl)Cl.O=S=O. The second-order valence-electron chi connectivity index (χ2n) is 5.98. The van der Waals surface area contributed by atoms with E-state index in [-0.39, 0.29) is 101 Å². The van der Waals surface area contributed by atoms with Crippen LogP contribution in [0.1, 0.15) is 29.7 Å². The highest BCUT2D eigenvalue weighted by molar-refractivity contribution is 8.26. The van der Waals surface area contributed by atoms with Crippen molar-refractivity contribution in [1.29, 1.82) is 0 Å². The van der Waals surface area contributed by atoms with Crippen molar-refractivity contribution >= 4 is 112 Å². The molecule has 6 N–H and O–H groups in total. The zero-order chi connectivity index (χ0) is 39.2. The maximum absolute atomic E-state index is 10.6. The van der Waals surface area contributed by atoms with E-state index in [0.717, 1.165) is 0 Å². The predicted octanol–water partition coefficient (Wildman–Crippen LogP) is 1.25. The van der Waals surface area contributed by atoms with Crippen LogP contribution in [-0.4, -0.2) is 168 Å². The standard InChI is InChI=1S/C6H10O6.2C4H7ClO3.C4H8O4.C2H4O3.4CH4.Cl2OS.ClH.O2S.H2O/c1-10-4-11-3-6(9)12-2-5(7)8;3*1-7-3-8-2-4(5)6;3-1-2(4)5;;;;;1-4(2)3;;1-3-2;/h2-4H2,1H3,(H,7,8);2*2-3H2,1H3;2-3H2,1H3,(H,5,6);3H,1H2,(H,4,5);4*1H4;;1H;;1H2. The topological polar surface area (TPSA) is 349 Å². The van der Waals surface area contributed by atoms with E-state index in [1.165, 1.54) is 28.4 Å². The Kier molecular flexibility index (Phi) is 139. The molecule has 0 aromatic heterocycles. The Hall–Kier alpha value is -1.76. The van der Waals surface area contributed by atoms with Gasteiger partial charge in [0.2, 0.25) is 19.7 Å². The Morgan fingerprint density at radius 2 is 0.796 bits per heavy atom. The maximum atomic E-state index is 10.6. The summed E-state index contributed by atoms with van der Waals surface area (Å²) in [5.74, 6) is -4.10. The first-order valence-corrected chi connectivity index (χ1v) is 15.3. The van der Waals surface area contributed by atoms with Gasteiger partial charge in [-0.1, -0.05) is 29.7 Å². The lowest BCUT2D eigenvalue weighted by molar-refractivity contribution is -0.161. The lowest BCUT2D eigenvalue weighted by Gasteiger charge is -2.01. The molecule has 0 aromatic rings. The van der Waals surface area contributed by atoms with Crippen LogP contribution in [0.25, 0.3) is 0 Å². The molecule has 0 bridgehead atoms. The molecule has 0 aliphatic carbocycles. The molecule has 54 heavy (non-hydrogen) atoms. The van der Waals surface area contributed by atoms with Gasteiger partial charge < -0.3 is 68.5 Å². The van der Waals surface area contributed by atoms with Crippen molar-refractivity contribution in [2.75, 3.05) is 95.3 Å². The third-order valence-electron chi connectivity index (χ3n) is 2.17. The number of halogens is 5. The zero-order valence-corrected chi connectivity index (χ0v) is 31.9. The predicted molar refractivity (Wildman–Crippen MR) is 201 cm³/mol. The van der Waals surface area contributed by atoms with Gasteiger partial charge in [-0.15, -0.1) is 12.4 Å². The molecule has 336 valence electrons. The number of hydrogen-bond acceptors (Lipinski definition) is 19. The van der Waals surface area contributed by atoms with E-state index in [9.17, 15) is 24.0 Å². The molecule has 23 nitrogen and oxygen atoms in total. The molecule has 0 radical (unpaired) electrons. The van der Waals surface area contributed by atoms with E-state index in [1.54, 1.807) is 0 Å². The normalized spacial score (nSPS) is 7.74. The van der Waals surface area contributed by atoms with Crippen LogP contribution >= 0.6 is 57.0 Å². The second-order valence-corrected chi connectivity index (χ2v) is 9.49. The highest BCUT2D eigenvalue weighted by atomic mass is 36.0. The van der Waals surface area contributed by atoms with Crippen molar-refractivity contribution in [2.45, 2.75) is 29.7 Å². The van der Waals surface area contributed by atoms with E-state index in [4.69, 9.17) is 61.0 Å². The Balaban J connectivity index is -0.0000000335. The van der Waals surface area contributed by atoms with Crippen LogP contribution in [0.15, 0.2) is 0 Å². The third kappa shape index (κ3) is 191. The molecule has 0 unspecified atom stereocenters. The second kappa shape index (κ2) is 84.0. The molecule has 0 spiro atoms. The van der Waals surface area contributed by atoms with Gasteiger partial charge >= 0.3 is 35.4 Å². The van der Waals surface area contributed by atoms with Crippen molar-refractivity contribution in [3.8, 4) is 0 Å². The van der Waals surface area contributed by atoms with Gasteiger partial charge in [-0.2, -0.15) is 8.42 Å². The molecule has 0 saturated carbocycles. The molecule has 0 rings (SSSR count). The number of methoxy groups -OCH3 is 4. The Morgan fingerprint density at radius 3 is 0.981 bits per heavy atom. The summed E-state index contributed by atoms with van der Waals surface area (Å²) in [6.45, 7) is -1.97. The number of ether oxygens (including phenoxy) is 9. The summed E-state index contributed by atoms with van der Waals surface area (Å²) in [5, 5.41) is 30.0. The fourth-order valence-electron chi connectivity index (χ4n) is 1.02. The Labute approximate surface area is 345 Å². The number of carboxylic acid groups (broad SMARTS) is 3. The minimum atomic E-state index is -1.67. The van der Waals surface area contributed by atoms with Crippen molar-refractivity contribution < 1.29 is 110 Å². The number of carbonyl (C=O) groups is 6. The van der Waals surface area contributed by atoms with Crippen molar-refractivity contribution in [3.63, 3.8) is 0 Å². The third-order valence-corrected chi connectivity index (χ3v) is 2.39. The molecule has 0 amide bonds. The van der Waals surface area contributed by atoms with Crippen LogP contribution in [-0.2, 0) is 92.2 Å². The average molecular weight is 953 g/mol. The van der Waals surface area contributed by atoms with Crippen LogP contribution in [0.5, 0.6) is 0 Å². The van der Waals surface area contributed by atoms with Crippen LogP contribution < -0.4 is 0 Å². The smallest absolute Gasteiger partial charge is 0.341 e. The molecule has 0 fully saturated rings. The fourth-order valence-corrected chi connectivity index (χ4v) is 1.17. The number of carboxylic acids is 3. The molecule has 0 atom stereocenters. The summed E-state index contributed by atoms with van der Waals surface area (Å²) < 4.78 is 65.8. The first kappa shape index (κ1) is 89.1. The lowest BCUT2D eigenvalue weighted by atomic mass is 10.7. The number of carbonyl (C=O) groups excluding carboxylic acids is 3. The minimum Gasteiger partial charge on any atom is -0.480 e. The summed E-state index contributed by atoms with van der Waals surface area (Å²) in [6, 6.07) is 0. The Morgan fingerprint density at radius 1 is 0.574 bits per heavy atom. The molecular formula is C24H55Cl5O23S2. The van der Waals surface area contributed by atoms with Crippen molar-refractivity contribution in [1.82, 2.24) is 0 Å². The number of aliphatic hydroxyl groups is 1. The molecule has 0 aromatic carbocycles. The number of hydrogen-bond donors (Lipinski definition) is 4. The highest BCUT2D eigenvalue weighted by Gasteiger charge is 2.05. The number of rotatable bonds is 19. The summed E-state index contributed by atoms with van der Waals surface area (Å²) in [6.07, 6.45) is 0. The highest BCUT2D eigenvalue weighted by Crippen LogP contribution is 1.89.